The van der Waals surface area contributed by atoms with E-state index in [1.54, 1.807) is 11.3 Å². The summed E-state index contributed by atoms with van der Waals surface area (Å²) in [5.41, 5.74) is 4.19. The van der Waals surface area contributed by atoms with Crippen LogP contribution in [-0.4, -0.2) is 26.2 Å². The van der Waals surface area contributed by atoms with Gasteiger partial charge in [0.05, 0.1) is 0 Å². The molecule has 2 unspecified atom stereocenters. The van der Waals surface area contributed by atoms with E-state index in [0.717, 1.165) is 6.42 Å². The van der Waals surface area contributed by atoms with E-state index in [4.69, 9.17) is 0 Å². The van der Waals surface area contributed by atoms with E-state index < -0.39 is 0 Å². The largest absolute Gasteiger partial charge is 0.313 e. The van der Waals surface area contributed by atoms with Gasteiger partial charge in [-0.05, 0) is 75.4 Å². The van der Waals surface area contributed by atoms with E-state index in [2.05, 4.69) is 55.0 Å². The second-order valence-electron chi connectivity index (χ2n) is 8.12. The van der Waals surface area contributed by atoms with Crippen molar-refractivity contribution in [2.45, 2.75) is 76.8 Å². The number of nitrogens with one attached hydrogen (secondary N) is 2. The maximum Gasteiger partial charge on any atom is 0.0274 e. The van der Waals surface area contributed by atoms with E-state index in [1.165, 1.54) is 68.1 Å². The highest BCUT2D eigenvalue weighted by Crippen LogP contribution is 2.21. The minimum absolute atomic E-state index is 0.610. The Kier molecular flexibility index (Phi) is 15.8. The highest BCUT2D eigenvalue weighted by Gasteiger charge is 2.14. The first-order chi connectivity index (χ1) is 15.1. The third kappa shape index (κ3) is 12.7. The molecule has 2 atom stereocenters. The Labute approximate surface area is 195 Å². The third-order valence-electron chi connectivity index (χ3n) is 5.84. The average molecular weight is 441 g/mol. The molecule has 2 fully saturated rings. The van der Waals surface area contributed by atoms with Gasteiger partial charge in [0.25, 0.3) is 0 Å². The number of hydrogen-bond acceptors (Lipinski definition) is 3. The van der Waals surface area contributed by atoms with E-state index in [9.17, 15) is 0 Å². The summed E-state index contributed by atoms with van der Waals surface area (Å²) in [6, 6.07) is 15.7. The van der Waals surface area contributed by atoms with Crippen LogP contribution >= 0.6 is 11.3 Å². The zero-order valence-corrected chi connectivity index (χ0v) is 20.9. The molecular formula is C28H44N2S. The summed E-state index contributed by atoms with van der Waals surface area (Å²) < 4.78 is 0. The smallest absolute Gasteiger partial charge is 0.0274 e. The van der Waals surface area contributed by atoms with Gasteiger partial charge in [-0.15, -0.1) is 0 Å². The molecule has 2 aromatic rings. The number of rotatable bonds is 3. The quantitative estimate of drug-likeness (QED) is 0.486. The fourth-order valence-corrected chi connectivity index (χ4v) is 4.25. The number of likely N-dealkylation sites (N-methyl/N-ethyl adjacent to an activating group) is 2. The minimum Gasteiger partial charge on any atom is -0.313 e. The summed E-state index contributed by atoms with van der Waals surface area (Å²) in [5, 5.41) is 10.6. The Morgan fingerprint density at radius 3 is 1.52 bits per heavy atom. The van der Waals surface area contributed by atoms with Crippen molar-refractivity contribution in [2.75, 3.05) is 14.1 Å². The zero-order chi connectivity index (χ0) is 22.7. The monoisotopic (exact) mass is 440 g/mol. The Bertz CT molecular complexity index is 633. The van der Waals surface area contributed by atoms with Gasteiger partial charge in [0.15, 0.2) is 0 Å². The van der Waals surface area contributed by atoms with Crippen molar-refractivity contribution in [3.63, 3.8) is 0 Å². The van der Waals surface area contributed by atoms with Crippen LogP contribution < -0.4 is 10.6 Å². The second kappa shape index (κ2) is 17.9. The average Bonchev–Trinajstić information content (AvgIpc) is 3.42. The molecule has 0 spiro atoms. The molecule has 0 amide bonds. The molecule has 0 saturated heterocycles. The van der Waals surface area contributed by atoms with Crippen LogP contribution in [0.15, 0.2) is 77.5 Å². The molecule has 0 aliphatic heterocycles. The highest BCUT2D eigenvalue weighted by molar-refractivity contribution is 7.07. The van der Waals surface area contributed by atoms with Crippen LogP contribution in [0.1, 0.15) is 63.9 Å². The van der Waals surface area contributed by atoms with Gasteiger partial charge in [0, 0.05) is 12.1 Å². The minimum atomic E-state index is 0.610. The SMILES string of the molecule is C=C1CCCCC1NC.C=C1CCCCC1NC.CCc1ccccc1.c1ccsc1. The van der Waals surface area contributed by atoms with Crippen LogP contribution in [0.4, 0.5) is 0 Å². The molecule has 31 heavy (non-hydrogen) atoms. The van der Waals surface area contributed by atoms with Gasteiger partial charge in [0.1, 0.15) is 0 Å². The maximum absolute atomic E-state index is 4.00. The van der Waals surface area contributed by atoms with Crippen molar-refractivity contribution < 1.29 is 0 Å². The molecule has 2 aliphatic carbocycles. The predicted octanol–water partition coefficient (Wildman–Crippen LogP) is 7.41. The van der Waals surface area contributed by atoms with Gasteiger partial charge in [-0.1, -0.05) is 86.5 Å². The van der Waals surface area contributed by atoms with Crippen molar-refractivity contribution >= 4 is 11.3 Å². The van der Waals surface area contributed by atoms with E-state index in [0.29, 0.717) is 12.1 Å². The van der Waals surface area contributed by atoms with Gasteiger partial charge < -0.3 is 10.6 Å². The highest BCUT2D eigenvalue weighted by atomic mass is 32.1. The molecule has 1 heterocycles. The fraction of sp³-hybridized carbons (Fsp3) is 0.500. The molecule has 2 aliphatic rings. The Morgan fingerprint density at radius 1 is 0.774 bits per heavy atom. The predicted molar refractivity (Wildman–Crippen MR) is 141 cm³/mol. The standard InChI is InChI=1S/2C8H15N.C8H10.C4H4S/c2*1-7-5-3-4-6-8(7)9-2;1-2-8-6-4-3-5-7-8;1-2-4-5-3-1/h2*8-9H,1,3-6H2,2H3;3-7H,2H2,1H3;1-4H. The molecule has 1 aromatic heterocycles. The first kappa shape index (κ1) is 27.4. The third-order valence-corrected chi connectivity index (χ3v) is 6.47. The van der Waals surface area contributed by atoms with Crippen LogP contribution in [0.5, 0.6) is 0 Å². The molecule has 2 N–H and O–H groups in total. The molecule has 1 aromatic carbocycles. The number of aryl methyl sites for hydroxylation is 1. The summed E-state index contributed by atoms with van der Waals surface area (Å²) in [4.78, 5) is 0. The lowest BCUT2D eigenvalue weighted by Gasteiger charge is -2.23. The molecule has 3 heteroatoms. The summed E-state index contributed by atoms with van der Waals surface area (Å²) >= 11 is 1.71. The summed E-state index contributed by atoms with van der Waals surface area (Å²) in [6.07, 6.45) is 11.6. The first-order valence-electron chi connectivity index (χ1n) is 11.8. The maximum atomic E-state index is 4.00. The summed E-state index contributed by atoms with van der Waals surface area (Å²) in [7, 11) is 4.03. The fourth-order valence-electron chi connectivity index (χ4n) is 3.80. The molecule has 172 valence electrons. The van der Waals surface area contributed by atoms with Crippen LogP contribution in [0.2, 0.25) is 0 Å². The van der Waals surface area contributed by atoms with Crippen molar-refractivity contribution in [2.24, 2.45) is 0 Å². The van der Waals surface area contributed by atoms with Gasteiger partial charge in [-0.25, -0.2) is 0 Å². The Hall–Kier alpha value is -1.68. The van der Waals surface area contributed by atoms with E-state index >= 15 is 0 Å². The number of benzene rings is 1. The van der Waals surface area contributed by atoms with Crippen LogP contribution in [0, 0.1) is 0 Å². The van der Waals surface area contributed by atoms with Crippen LogP contribution in [-0.2, 0) is 6.42 Å². The molecule has 0 radical (unpaired) electrons. The lowest BCUT2D eigenvalue weighted by Crippen LogP contribution is -2.29. The molecule has 2 saturated carbocycles. The van der Waals surface area contributed by atoms with Gasteiger partial charge in [0.2, 0.25) is 0 Å². The van der Waals surface area contributed by atoms with Crippen LogP contribution in [0.3, 0.4) is 0 Å². The van der Waals surface area contributed by atoms with E-state index in [-0.39, 0.29) is 0 Å². The van der Waals surface area contributed by atoms with Crippen molar-refractivity contribution in [3.8, 4) is 0 Å². The zero-order valence-electron chi connectivity index (χ0n) is 20.0. The molecular weight excluding hydrogens is 396 g/mol. The lowest BCUT2D eigenvalue weighted by molar-refractivity contribution is 0.484. The van der Waals surface area contributed by atoms with Gasteiger partial charge in [-0.3, -0.25) is 0 Å². The topological polar surface area (TPSA) is 24.1 Å². The molecule has 0 bridgehead atoms. The molecule has 4 rings (SSSR count). The Balaban J connectivity index is 0.000000211. The van der Waals surface area contributed by atoms with Gasteiger partial charge in [-0.2, -0.15) is 11.3 Å². The van der Waals surface area contributed by atoms with Crippen LogP contribution in [0.25, 0.3) is 0 Å². The van der Waals surface area contributed by atoms with E-state index in [1.807, 2.05) is 43.1 Å². The van der Waals surface area contributed by atoms with Gasteiger partial charge >= 0.3 is 0 Å². The van der Waals surface area contributed by atoms with Crippen molar-refractivity contribution in [1.82, 2.24) is 10.6 Å². The first-order valence-corrected chi connectivity index (χ1v) is 12.8. The number of hydrogen-bond donors (Lipinski definition) is 2. The normalized spacial score (nSPS) is 20.2. The number of thiophene rings is 1. The molecule has 2 nitrogen and oxygen atoms in total. The second-order valence-corrected chi connectivity index (χ2v) is 8.94. The van der Waals surface area contributed by atoms with Crippen molar-refractivity contribution in [3.05, 3.63) is 83.1 Å². The summed E-state index contributed by atoms with van der Waals surface area (Å²) in [6.45, 7) is 10.2. The van der Waals surface area contributed by atoms with Crippen molar-refractivity contribution in [1.29, 1.82) is 0 Å². The Morgan fingerprint density at radius 2 is 1.26 bits per heavy atom. The lowest BCUT2D eigenvalue weighted by atomic mass is 9.91. The summed E-state index contributed by atoms with van der Waals surface area (Å²) in [5.74, 6) is 0.